The molecule has 1 atom stereocenters. The minimum atomic E-state index is -1.29. The second-order valence-corrected chi connectivity index (χ2v) is 4.01. The SMILES string of the molecule is NCCc1cccc(C2(F)CCOC2)c1. The molecule has 1 aromatic carbocycles. The van der Waals surface area contributed by atoms with E-state index in [0.29, 0.717) is 19.6 Å². The number of hydrogen-bond donors (Lipinski definition) is 1. The Labute approximate surface area is 89.2 Å². The molecule has 0 radical (unpaired) electrons. The summed E-state index contributed by atoms with van der Waals surface area (Å²) >= 11 is 0. The Kier molecular flexibility index (Phi) is 3.03. The molecule has 0 amide bonds. The number of nitrogens with two attached hydrogens (primary N) is 1. The van der Waals surface area contributed by atoms with Crippen molar-refractivity contribution in [1.82, 2.24) is 0 Å². The van der Waals surface area contributed by atoms with Gasteiger partial charge in [0.1, 0.15) is 0 Å². The third-order valence-electron chi connectivity index (χ3n) is 2.85. The summed E-state index contributed by atoms with van der Waals surface area (Å²) < 4.78 is 19.4. The van der Waals surface area contributed by atoms with Gasteiger partial charge in [-0.15, -0.1) is 0 Å². The lowest BCUT2D eigenvalue weighted by atomic mass is 9.93. The van der Waals surface area contributed by atoms with Gasteiger partial charge in [-0.3, -0.25) is 0 Å². The second kappa shape index (κ2) is 4.29. The summed E-state index contributed by atoms with van der Waals surface area (Å²) in [6.45, 7) is 1.29. The number of ether oxygens (including phenoxy) is 1. The first kappa shape index (κ1) is 10.6. The maximum absolute atomic E-state index is 14.3. The molecule has 0 saturated carbocycles. The second-order valence-electron chi connectivity index (χ2n) is 4.01. The van der Waals surface area contributed by atoms with Crippen molar-refractivity contribution in [3.8, 4) is 0 Å². The summed E-state index contributed by atoms with van der Waals surface area (Å²) in [5.41, 5.74) is 6.02. The highest BCUT2D eigenvalue weighted by atomic mass is 19.1. The van der Waals surface area contributed by atoms with E-state index in [9.17, 15) is 4.39 Å². The monoisotopic (exact) mass is 209 g/mol. The van der Waals surface area contributed by atoms with E-state index in [4.69, 9.17) is 10.5 Å². The number of rotatable bonds is 3. The van der Waals surface area contributed by atoms with E-state index in [-0.39, 0.29) is 6.61 Å². The van der Waals surface area contributed by atoms with Gasteiger partial charge in [-0.2, -0.15) is 0 Å². The number of halogens is 1. The van der Waals surface area contributed by atoms with Crippen LogP contribution in [0.3, 0.4) is 0 Å². The molecule has 0 spiro atoms. The predicted octanol–water partition coefficient (Wildman–Crippen LogP) is 1.77. The van der Waals surface area contributed by atoms with E-state index in [2.05, 4.69) is 0 Å². The third-order valence-corrected chi connectivity index (χ3v) is 2.85. The fourth-order valence-corrected chi connectivity index (χ4v) is 1.94. The Morgan fingerprint density at radius 3 is 3.00 bits per heavy atom. The first-order valence-corrected chi connectivity index (χ1v) is 5.31. The molecule has 3 heteroatoms. The third kappa shape index (κ3) is 2.19. The van der Waals surface area contributed by atoms with Crippen molar-refractivity contribution >= 4 is 0 Å². The van der Waals surface area contributed by atoms with Gasteiger partial charge in [-0.1, -0.05) is 24.3 Å². The molecule has 82 valence electrons. The first-order chi connectivity index (χ1) is 7.24. The first-order valence-electron chi connectivity index (χ1n) is 5.31. The normalized spacial score (nSPS) is 25.7. The van der Waals surface area contributed by atoms with E-state index in [0.717, 1.165) is 17.5 Å². The molecule has 2 nitrogen and oxygen atoms in total. The molecule has 1 saturated heterocycles. The number of hydrogen-bond acceptors (Lipinski definition) is 2. The molecule has 2 N–H and O–H groups in total. The Morgan fingerprint density at radius 2 is 2.33 bits per heavy atom. The average Bonchev–Trinajstić information content (AvgIpc) is 2.68. The van der Waals surface area contributed by atoms with Crippen LogP contribution in [0.5, 0.6) is 0 Å². The van der Waals surface area contributed by atoms with Crippen molar-refractivity contribution < 1.29 is 9.13 Å². The quantitative estimate of drug-likeness (QED) is 0.823. The van der Waals surface area contributed by atoms with E-state index in [1.54, 1.807) is 0 Å². The molecule has 0 aliphatic carbocycles. The largest absolute Gasteiger partial charge is 0.378 e. The fraction of sp³-hybridized carbons (Fsp3) is 0.500. The lowest BCUT2D eigenvalue weighted by Gasteiger charge is -2.18. The van der Waals surface area contributed by atoms with Crippen LogP contribution < -0.4 is 5.73 Å². The van der Waals surface area contributed by atoms with Crippen LogP contribution in [0.15, 0.2) is 24.3 Å². The van der Waals surface area contributed by atoms with Crippen LogP contribution in [0.25, 0.3) is 0 Å². The highest BCUT2D eigenvalue weighted by Gasteiger charge is 2.36. The van der Waals surface area contributed by atoms with Crippen LogP contribution in [0.4, 0.5) is 4.39 Å². The minimum absolute atomic E-state index is 0.180. The highest BCUT2D eigenvalue weighted by molar-refractivity contribution is 5.29. The van der Waals surface area contributed by atoms with Gasteiger partial charge in [0.15, 0.2) is 5.67 Å². The summed E-state index contributed by atoms with van der Waals surface area (Å²) in [5.74, 6) is 0. The van der Waals surface area contributed by atoms with Crippen LogP contribution in [0.2, 0.25) is 0 Å². The van der Waals surface area contributed by atoms with Crippen LogP contribution in [-0.4, -0.2) is 19.8 Å². The molecule has 1 heterocycles. The molecule has 1 aliphatic rings. The fourth-order valence-electron chi connectivity index (χ4n) is 1.94. The highest BCUT2D eigenvalue weighted by Crippen LogP contribution is 2.34. The zero-order valence-electron chi connectivity index (χ0n) is 8.71. The molecular weight excluding hydrogens is 193 g/mol. The van der Waals surface area contributed by atoms with Gasteiger partial charge in [0.2, 0.25) is 0 Å². The van der Waals surface area contributed by atoms with Gasteiger partial charge < -0.3 is 10.5 Å². The molecule has 0 aromatic heterocycles. The van der Waals surface area contributed by atoms with Crippen LogP contribution in [-0.2, 0) is 16.8 Å². The van der Waals surface area contributed by atoms with Gasteiger partial charge >= 0.3 is 0 Å². The zero-order chi connectivity index (χ0) is 10.7. The van der Waals surface area contributed by atoms with Crippen molar-refractivity contribution in [3.05, 3.63) is 35.4 Å². The predicted molar refractivity (Wildman–Crippen MR) is 57.4 cm³/mol. The number of benzene rings is 1. The summed E-state index contributed by atoms with van der Waals surface area (Å²) in [6.07, 6.45) is 1.25. The van der Waals surface area contributed by atoms with Gasteiger partial charge in [0.25, 0.3) is 0 Å². The maximum Gasteiger partial charge on any atom is 0.161 e. The van der Waals surface area contributed by atoms with Crippen molar-refractivity contribution in [2.75, 3.05) is 19.8 Å². The standard InChI is InChI=1S/C12H16FNO/c13-12(5-7-15-9-12)11-3-1-2-10(8-11)4-6-14/h1-3,8H,4-7,9,14H2. The molecule has 1 unspecified atom stereocenters. The molecular formula is C12H16FNO. The summed E-state index contributed by atoms with van der Waals surface area (Å²) in [5, 5.41) is 0. The summed E-state index contributed by atoms with van der Waals surface area (Å²) in [4.78, 5) is 0. The van der Waals surface area contributed by atoms with Gasteiger partial charge in [-0.25, -0.2) is 4.39 Å². The van der Waals surface area contributed by atoms with Crippen molar-refractivity contribution in [3.63, 3.8) is 0 Å². The van der Waals surface area contributed by atoms with Crippen LogP contribution in [0, 0.1) is 0 Å². The van der Waals surface area contributed by atoms with Gasteiger partial charge in [0.05, 0.1) is 13.2 Å². The summed E-state index contributed by atoms with van der Waals surface area (Å²) in [7, 11) is 0. The lowest BCUT2D eigenvalue weighted by molar-refractivity contribution is 0.112. The van der Waals surface area contributed by atoms with E-state index in [1.165, 1.54) is 0 Å². The van der Waals surface area contributed by atoms with Crippen molar-refractivity contribution in [1.29, 1.82) is 0 Å². The topological polar surface area (TPSA) is 35.2 Å². The van der Waals surface area contributed by atoms with E-state index < -0.39 is 5.67 Å². The Hall–Kier alpha value is -0.930. The smallest absolute Gasteiger partial charge is 0.161 e. The zero-order valence-corrected chi connectivity index (χ0v) is 8.71. The minimum Gasteiger partial charge on any atom is -0.378 e. The molecule has 1 aliphatic heterocycles. The van der Waals surface area contributed by atoms with E-state index in [1.807, 2.05) is 24.3 Å². The van der Waals surface area contributed by atoms with Gasteiger partial charge in [0, 0.05) is 6.42 Å². The molecule has 1 aromatic rings. The maximum atomic E-state index is 14.3. The summed E-state index contributed by atoms with van der Waals surface area (Å²) in [6, 6.07) is 7.60. The van der Waals surface area contributed by atoms with Gasteiger partial charge in [-0.05, 0) is 24.1 Å². The Morgan fingerprint density at radius 1 is 1.47 bits per heavy atom. The molecule has 15 heavy (non-hydrogen) atoms. The number of alkyl halides is 1. The molecule has 2 rings (SSSR count). The van der Waals surface area contributed by atoms with Crippen molar-refractivity contribution in [2.24, 2.45) is 5.73 Å². The van der Waals surface area contributed by atoms with Crippen LogP contribution >= 0.6 is 0 Å². The lowest BCUT2D eigenvalue weighted by Crippen LogP contribution is -2.20. The van der Waals surface area contributed by atoms with Crippen LogP contribution in [0.1, 0.15) is 17.5 Å². The van der Waals surface area contributed by atoms with Crippen molar-refractivity contribution in [2.45, 2.75) is 18.5 Å². The molecule has 0 bridgehead atoms. The Bertz CT molecular complexity index is 334. The Balaban J connectivity index is 2.23. The molecule has 1 fully saturated rings. The average molecular weight is 209 g/mol. The van der Waals surface area contributed by atoms with E-state index >= 15 is 0 Å².